The maximum atomic E-state index is 12.1. The van der Waals surface area contributed by atoms with E-state index >= 15 is 0 Å². The predicted octanol–water partition coefficient (Wildman–Crippen LogP) is 1.19. The highest BCUT2D eigenvalue weighted by atomic mass is 16.5. The summed E-state index contributed by atoms with van der Waals surface area (Å²) in [5.74, 6) is 5.37. The molecule has 9 nitrogen and oxygen atoms in total. The van der Waals surface area contributed by atoms with E-state index in [0.29, 0.717) is 29.9 Å². The first-order chi connectivity index (χ1) is 16.0. The van der Waals surface area contributed by atoms with E-state index in [1.807, 2.05) is 30.3 Å². The normalized spacial score (nSPS) is 18.5. The summed E-state index contributed by atoms with van der Waals surface area (Å²) in [7, 11) is 1.79. The fraction of sp³-hybridized carbons (Fsp3) is 0.333. The van der Waals surface area contributed by atoms with Crippen LogP contribution in [-0.4, -0.2) is 71.4 Å². The lowest BCUT2D eigenvalue weighted by atomic mass is 10.1. The van der Waals surface area contributed by atoms with Crippen LogP contribution in [-0.2, 0) is 9.53 Å². The lowest BCUT2D eigenvalue weighted by Gasteiger charge is -2.28. The van der Waals surface area contributed by atoms with Crippen LogP contribution < -0.4 is 10.6 Å². The van der Waals surface area contributed by atoms with Gasteiger partial charge in [0.15, 0.2) is 11.3 Å². The van der Waals surface area contributed by atoms with Crippen molar-refractivity contribution in [3.63, 3.8) is 0 Å². The smallest absolute Gasteiger partial charge is 0.269 e. The zero-order valence-electron chi connectivity index (χ0n) is 18.3. The number of likely N-dealkylation sites (tertiary alicyclic amines) is 1. The molecule has 2 aromatic heterocycles. The molecule has 0 aliphatic carbocycles. The maximum absolute atomic E-state index is 12.1. The van der Waals surface area contributed by atoms with Crippen molar-refractivity contribution >= 4 is 28.5 Å². The number of anilines is 1. The molecule has 33 heavy (non-hydrogen) atoms. The summed E-state index contributed by atoms with van der Waals surface area (Å²) in [4.78, 5) is 32.7. The third-order valence-corrected chi connectivity index (χ3v) is 6.03. The van der Waals surface area contributed by atoms with Crippen LogP contribution >= 0.6 is 0 Å². The minimum absolute atomic E-state index is 0.0584. The number of primary amides is 1. The molecule has 2 amide bonds. The van der Waals surface area contributed by atoms with Gasteiger partial charge in [0.1, 0.15) is 5.92 Å². The van der Waals surface area contributed by atoms with Gasteiger partial charge in [0.05, 0.1) is 36.2 Å². The van der Waals surface area contributed by atoms with Crippen molar-refractivity contribution < 1.29 is 14.3 Å². The Morgan fingerprint density at radius 2 is 2.00 bits per heavy atom. The first-order valence-electron chi connectivity index (χ1n) is 10.9. The van der Waals surface area contributed by atoms with Crippen LogP contribution in [0.5, 0.6) is 0 Å². The van der Waals surface area contributed by atoms with Crippen LogP contribution in [0.4, 0.5) is 5.69 Å². The molecule has 2 aliphatic rings. The van der Waals surface area contributed by atoms with E-state index in [2.05, 4.69) is 26.8 Å². The molecule has 2 N–H and O–H groups in total. The van der Waals surface area contributed by atoms with Crippen molar-refractivity contribution in [3.8, 4) is 17.5 Å². The molecule has 2 aliphatic heterocycles. The summed E-state index contributed by atoms with van der Waals surface area (Å²) in [6.07, 6.45) is 2.52. The molecule has 4 heterocycles. The quantitative estimate of drug-likeness (QED) is 0.608. The molecule has 1 aromatic carbocycles. The Bertz CT molecular complexity index is 1300. The Morgan fingerprint density at radius 3 is 2.73 bits per heavy atom. The summed E-state index contributed by atoms with van der Waals surface area (Å²) >= 11 is 0. The number of benzene rings is 1. The second-order valence-electron chi connectivity index (χ2n) is 8.21. The third-order valence-electron chi connectivity index (χ3n) is 6.03. The molecule has 2 saturated heterocycles. The molecule has 2 fully saturated rings. The summed E-state index contributed by atoms with van der Waals surface area (Å²) in [5, 5.41) is 5.07. The molecule has 9 heteroatoms. The summed E-state index contributed by atoms with van der Waals surface area (Å²) in [5.41, 5.74) is 8.71. The monoisotopic (exact) mass is 444 g/mol. The maximum Gasteiger partial charge on any atom is 0.269 e. The Hall–Kier alpha value is -3.90. The van der Waals surface area contributed by atoms with Gasteiger partial charge in [-0.3, -0.25) is 9.59 Å². The lowest BCUT2D eigenvalue weighted by Crippen LogP contribution is -2.36. The van der Waals surface area contributed by atoms with Gasteiger partial charge in [-0.05, 0) is 30.7 Å². The number of carbonyl (C=O) groups is 2. The average molecular weight is 444 g/mol. The number of hydrogen-bond donors (Lipinski definition) is 1. The first-order valence-corrected chi connectivity index (χ1v) is 10.9. The van der Waals surface area contributed by atoms with Gasteiger partial charge in [-0.15, -0.1) is 0 Å². The molecule has 0 spiro atoms. The lowest BCUT2D eigenvalue weighted by molar-refractivity contribution is -0.128. The van der Waals surface area contributed by atoms with Gasteiger partial charge in [-0.2, -0.15) is 5.10 Å². The van der Waals surface area contributed by atoms with E-state index < -0.39 is 5.91 Å². The van der Waals surface area contributed by atoms with Crippen molar-refractivity contribution in [3.05, 3.63) is 47.8 Å². The number of aromatic nitrogens is 3. The molecular formula is C24H24N6O3. The topological polar surface area (TPSA) is 107 Å². The molecule has 1 unspecified atom stereocenters. The summed E-state index contributed by atoms with van der Waals surface area (Å²) in [6.45, 7) is 3.54. The molecule has 5 rings (SSSR count). The number of nitrogens with two attached hydrogens (primary N) is 1. The Morgan fingerprint density at radius 1 is 1.18 bits per heavy atom. The molecule has 168 valence electrons. The van der Waals surface area contributed by atoms with Gasteiger partial charge in [-0.25, -0.2) is 9.67 Å². The van der Waals surface area contributed by atoms with E-state index in [-0.39, 0.29) is 17.5 Å². The SMILES string of the molecule is CN1CCC(C#Cc2cccc(-n3nc(C(N)=O)c4cc(N5CCOCC5)cnc43)c2)C1=O. The van der Waals surface area contributed by atoms with Crippen LogP contribution in [0.3, 0.4) is 0 Å². The highest BCUT2D eigenvalue weighted by molar-refractivity contribution is 6.04. The molecular weight excluding hydrogens is 420 g/mol. The fourth-order valence-corrected chi connectivity index (χ4v) is 4.19. The van der Waals surface area contributed by atoms with E-state index in [0.717, 1.165) is 37.3 Å². The summed E-state index contributed by atoms with van der Waals surface area (Å²) in [6, 6.07) is 9.38. The standard InChI is InChI=1S/C24H24N6O3/c1-28-8-7-17(24(28)32)6-5-16-3-2-4-18(13-16)30-23-20(21(27-30)22(25)31)14-19(15-26-23)29-9-11-33-12-10-29/h2-4,13-15,17H,7-12H2,1H3,(H2,25,31). The fourth-order valence-electron chi connectivity index (χ4n) is 4.19. The number of hydrogen-bond acceptors (Lipinski definition) is 6. The molecule has 0 bridgehead atoms. The average Bonchev–Trinajstić information content (AvgIpc) is 3.38. The van der Waals surface area contributed by atoms with Gasteiger partial charge in [0.2, 0.25) is 5.91 Å². The Balaban J connectivity index is 1.51. The van der Waals surface area contributed by atoms with E-state index in [4.69, 9.17) is 10.5 Å². The number of pyridine rings is 1. The molecule has 0 radical (unpaired) electrons. The molecule has 1 atom stereocenters. The second-order valence-corrected chi connectivity index (χ2v) is 8.21. The van der Waals surface area contributed by atoms with Crippen LogP contribution in [0.1, 0.15) is 22.5 Å². The van der Waals surface area contributed by atoms with Crippen molar-refractivity contribution in [1.29, 1.82) is 0 Å². The number of fused-ring (bicyclic) bond motifs is 1. The number of morpholine rings is 1. The van der Waals surface area contributed by atoms with Gasteiger partial charge in [0, 0.05) is 32.2 Å². The van der Waals surface area contributed by atoms with Crippen molar-refractivity contribution in [2.24, 2.45) is 11.7 Å². The van der Waals surface area contributed by atoms with E-state index in [1.165, 1.54) is 0 Å². The van der Waals surface area contributed by atoms with Crippen LogP contribution in [0, 0.1) is 17.8 Å². The zero-order valence-corrected chi connectivity index (χ0v) is 18.3. The third kappa shape index (κ3) is 4.01. The van der Waals surface area contributed by atoms with Gasteiger partial charge < -0.3 is 20.3 Å². The largest absolute Gasteiger partial charge is 0.378 e. The number of ether oxygens (including phenoxy) is 1. The number of amides is 2. The van der Waals surface area contributed by atoms with E-state index in [9.17, 15) is 9.59 Å². The first kappa shape index (κ1) is 21.0. The minimum Gasteiger partial charge on any atom is -0.378 e. The Kier molecular flexibility index (Phi) is 5.44. The van der Waals surface area contributed by atoms with Gasteiger partial charge >= 0.3 is 0 Å². The Labute approximate surface area is 191 Å². The van der Waals surface area contributed by atoms with Crippen molar-refractivity contribution in [2.75, 3.05) is 44.8 Å². The van der Waals surface area contributed by atoms with Crippen LogP contribution in [0.2, 0.25) is 0 Å². The highest BCUT2D eigenvalue weighted by Gasteiger charge is 2.27. The van der Waals surface area contributed by atoms with Crippen molar-refractivity contribution in [2.45, 2.75) is 6.42 Å². The van der Waals surface area contributed by atoms with E-state index in [1.54, 1.807) is 22.8 Å². The van der Waals surface area contributed by atoms with Crippen LogP contribution in [0.15, 0.2) is 36.5 Å². The summed E-state index contributed by atoms with van der Waals surface area (Å²) < 4.78 is 7.03. The van der Waals surface area contributed by atoms with Gasteiger partial charge in [0.25, 0.3) is 5.91 Å². The predicted molar refractivity (Wildman–Crippen MR) is 123 cm³/mol. The molecule has 0 saturated carbocycles. The number of nitrogens with zero attached hydrogens (tertiary/aromatic N) is 5. The number of rotatable bonds is 3. The zero-order chi connectivity index (χ0) is 22.9. The van der Waals surface area contributed by atoms with Gasteiger partial charge in [-0.1, -0.05) is 17.9 Å². The minimum atomic E-state index is -0.612. The molecule has 3 aromatic rings. The van der Waals surface area contributed by atoms with Crippen molar-refractivity contribution in [1.82, 2.24) is 19.7 Å². The second kappa shape index (κ2) is 8.56. The number of carbonyl (C=O) groups excluding carboxylic acids is 2. The van der Waals surface area contributed by atoms with Crippen LogP contribution in [0.25, 0.3) is 16.7 Å². The highest BCUT2D eigenvalue weighted by Crippen LogP contribution is 2.26.